The van der Waals surface area contributed by atoms with Crippen LogP contribution in [0, 0.1) is 5.92 Å². The first-order chi connectivity index (χ1) is 12.6. The number of ether oxygens (including phenoxy) is 1. The van der Waals surface area contributed by atoms with E-state index < -0.39 is 0 Å². The highest BCUT2D eigenvalue weighted by molar-refractivity contribution is 5.81. The highest BCUT2D eigenvalue weighted by atomic mass is 16.6. The lowest BCUT2D eigenvalue weighted by Gasteiger charge is -2.42. The normalized spacial score (nSPS) is 26.5. The third-order valence-corrected chi connectivity index (χ3v) is 5.68. The van der Waals surface area contributed by atoms with Crippen LogP contribution in [0.2, 0.25) is 0 Å². The monoisotopic (exact) mass is 358 g/mol. The van der Waals surface area contributed by atoms with E-state index in [1.54, 1.807) is 4.90 Å². The fourth-order valence-corrected chi connectivity index (χ4v) is 4.22. The molecular weight excluding hydrogens is 328 g/mol. The molecule has 2 fully saturated rings. The third kappa shape index (κ3) is 4.37. The quantitative estimate of drug-likeness (QED) is 0.825. The second-order valence-electron chi connectivity index (χ2n) is 7.70. The van der Waals surface area contributed by atoms with Crippen LogP contribution in [0.15, 0.2) is 30.3 Å². The molecule has 0 aliphatic carbocycles. The molecule has 0 aromatic heterocycles. The molecule has 0 bridgehead atoms. The number of carbonyl (C=O) groups is 2. The second-order valence-corrected chi connectivity index (χ2v) is 7.70. The smallest absolute Gasteiger partial charge is 0.410 e. The van der Waals surface area contributed by atoms with E-state index in [-0.39, 0.29) is 24.5 Å². The molecule has 142 valence electrons. The van der Waals surface area contributed by atoms with Crippen LogP contribution in [-0.2, 0) is 16.1 Å². The second kappa shape index (κ2) is 8.56. The largest absolute Gasteiger partial charge is 0.445 e. The summed E-state index contributed by atoms with van der Waals surface area (Å²) in [5.41, 5.74) is 0.974. The first kappa shape index (κ1) is 18.7. The van der Waals surface area contributed by atoms with Crippen molar-refractivity contribution in [3.05, 3.63) is 35.9 Å². The Kier molecular flexibility index (Phi) is 6.17. The minimum Gasteiger partial charge on any atom is -0.445 e. The maximum atomic E-state index is 13.1. The average Bonchev–Trinajstić information content (AvgIpc) is 2.67. The number of carbonyl (C=O) groups excluding carboxylic acids is 2. The molecule has 5 nitrogen and oxygen atoms in total. The van der Waals surface area contributed by atoms with Crippen molar-refractivity contribution in [3.8, 4) is 0 Å². The summed E-state index contributed by atoms with van der Waals surface area (Å²) < 4.78 is 5.45. The lowest BCUT2D eigenvalue weighted by molar-refractivity contribution is -0.143. The van der Waals surface area contributed by atoms with Gasteiger partial charge in [-0.25, -0.2) is 4.79 Å². The van der Waals surface area contributed by atoms with Gasteiger partial charge in [-0.3, -0.25) is 4.79 Å². The fraction of sp³-hybridized carbons (Fsp3) is 0.619. The SMILES string of the molecule is CC1CCCC(C)N1C(=O)C1CCCN(C(=O)OCc2ccccc2)C1. The van der Waals surface area contributed by atoms with Gasteiger partial charge in [-0.1, -0.05) is 30.3 Å². The molecule has 3 rings (SSSR count). The van der Waals surface area contributed by atoms with E-state index in [9.17, 15) is 9.59 Å². The standard InChI is InChI=1S/C21H30N2O3/c1-16-8-6-9-17(2)23(16)20(24)19-12-7-13-22(14-19)21(25)26-15-18-10-4-3-5-11-18/h3-5,10-11,16-17,19H,6-9,12-15H2,1-2H3. The number of nitrogens with zero attached hydrogens (tertiary/aromatic N) is 2. The number of hydrogen-bond donors (Lipinski definition) is 0. The Morgan fingerprint density at radius 3 is 2.42 bits per heavy atom. The zero-order valence-corrected chi connectivity index (χ0v) is 15.9. The molecule has 2 amide bonds. The Morgan fingerprint density at radius 2 is 1.73 bits per heavy atom. The molecule has 3 atom stereocenters. The van der Waals surface area contributed by atoms with Crippen LogP contribution in [0.4, 0.5) is 4.79 Å². The Hall–Kier alpha value is -2.04. The van der Waals surface area contributed by atoms with E-state index in [1.165, 1.54) is 6.42 Å². The molecule has 0 spiro atoms. The minimum absolute atomic E-state index is 0.101. The topological polar surface area (TPSA) is 49.9 Å². The zero-order valence-electron chi connectivity index (χ0n) is 15.9. The third-order valence-electron chi connectivity index (χ3n) is 5.68. The Labute approximate surface area is 156 Å². The van der Waals surface area contributed by atoms with E-state index in [2.05, 4.69) is 18.7 Å². The summed E-state index contributed by atoms with van der Waals surface area (Å²) in [7, 11) is 0. The van der Waals surface area contributed by atoms with Crippen LogP contribution in [0.25, 0.3) is 0 Å². The van der Waals surface area contributed by atoms with Crippen molar-refractivity contribution >= 4 is 12.0 Å². The van der Waals surface area contributed by atoms with Crippen LogP contribution in [0.5, 0.6) is 0 Å². The van der Waals surface area contributed by atoms with Crippen molar-refractivity contribution in [1.29, 1.82) is 0 Å². The van der Waals surface area contributed by atoms with Crippen molar-refractivity contribution in [2.75, 3.05) is 13.1 Å². The summed E-state index contributed by atoms with van der Waals surface area (Å²) in [5.74, 6) is 0.112. The van der Waals surface area contributed by atoms with Gasteiger partial charge in [-0.2, -0.15) is 0 Å². The molecule has 2 aliphatic rings. The predicted octanol–water partition coefficient (Wildman–Crippen LogP) is 3.82. The summed E-state index contributed by atoms with van der Waals surface area (Å²) in [6.07, 6.45) is 4.74. The van der Waals surface area contributed by atoms with Crippen LogP contribution >= 0.6 is 0 Å². The first-order valence-corrected chi connectivity index (χ1v) is 9.84. The number of amides is 2. The van der Waals surface area contributed by atoms with Gasteiger partial charge in [-0.15, -0.1) is 0 Å². The lowest BCUT2D eigenvalue weighted by Crippen LogP contribution is -2.53. The maximum Gasteiger partial charge on any atom is 0.410 e. The van der Waals surface area contributed by atoms with Crippen LogP contribution in [0.3, 0.4) is 0 Å². The van der Waals surface area contributed by atoms with E-state index in [0.29, 0.717) is 25.2 Å². The Balaban J connectivity index is 1.56. The van der Waals surface area contributed by atoms with Gasteiger partial charge in [0, 0.05) is 25.2 Å². The van der Waals surface area contributed by atoms with Gasteiger partial charge in [0.05, 0.1) is 5.92 Å². The minimum atomic E-state index is -0.314. The number of rotatable bonds is 3. The highest BCUT2D eigenvalue weighted by Crippen LogP contribution is 2.27. The van der Waals surface area contributed by atoms with Gasteiger partial charge in [0.2, 0.25) is 5.91 Å². The van der Waals surface area contributed by atoms with Crippen molar-refractivity contribution < 1.29 is 14.3 Å². The Bertz CT molecular complexity index is 609. The first-order valence-electron chi connectivity index (χ1n) is 9.84. The number of piperidine rings is 2. The maximum absolute atomic E-state index is 13.1. The van der Waals surface area contributed by atoms with Crippen LogP contribution < -0.4 is 0 Å². The molecule has 5 heteroatoms. The van der Waals surface area contributed by atoms with Gasteiger partial charge in [0.15, 0.2) is 0 Å². The van der Waals surface area contributed by atoms with E-state index >= 15 is 0 Å². The summed E-state index contributed by atoms with van der Waals surface area (Å²) in [5, 5.41) is 0. The molecule has 0 N–H and O–H groups in total. The fourth-order valence-electron chi connectivity index (χ4n) is 4.22. The van der Waals surface area contributed by atoms with E-state index in [1.807, 2.05) is 30.3 Å². The summed E-state index contributed by atoms with van der Waals surface area (Å²) in [6.45, 7) is 5.70. The van der Waals surface area contributed by atoms with Gasteiger partial charge in [0.1, 0.15) is 6.61 Å². The molecule has 26 heavy (non-hydrogen) atoms. The molecule has 1 aromatic carbocycles. The number of hydrogen-bond acceptors (Lipinski definition) is 3. The molecule has 0 radical (unpaired) electrons. The molecular formula is C21H30N2O3. The van der Waals surface area contributed by atoms with Crippen molar-refractivity contribution in [1.82, 2.24) is 9.80 Å². The highest BCUT2D eigenvalue weighted by Gasteiger charge is 2.36. The molecule has 0 saturated carbocycles. The molecule has 2 heterocycles. The van der Waals surface area contributed by atoms with Gasteiger partial charge in [-0.05, 0) is 51.5 Å². The van der Waals surface area contributed by atoms with Gasteiger partial charge in [0.25, 0.3) is 0 Å². The molecule has 1 aromatic rings. The molecule has 2 aliphatic heterocycles. The van der Waals surface area contributed by atoms with Gasteiger partial charge >= 0.3 is 6.09 Å². The lowest BCUT2D eigenvalue weighted by atomic mass is 9.91. The number of benzene rings is 1. The van der Waals surface area contributed by atoms with Crippen LogP contribution in [0.1, 0.15) is 51.5 Å². The summed E-state index contributed by atoms with van der Waals surface area (Å²) in [4.78, 5) is 29.3. The summed E-state index contributed by atoms with van der Waals surface area (Å²) in [6, 6.07) is 10.3. The summed E-state index contributed by atoms with van der Waals surface area (Å²) >= 11 is 0. The zero-order chi connectivity index (χ0) is 18.5. The van der Waals surface area contributed by atoms with Crippen molar-refractivity contribution in [3.63, 3.8) is 0 Å². The van der Waals surface area contributed by atoms with Crippen LogP contribution in [-0.4, -0.2) is 47.0 Å². The van der Waals surface area contributed by atoms with E-state index in [4.69, 9.17) is 4.74 Å². The molecule has 2 saturated heterocycles. The van der Waals surface area contributed by atoms with Crippen molar-refractivity contribution in [2.24, 2.45) is 5.92 Å². The van der Waals surface area contributed by atoms with Gasteiger partial charge < -0.3 is 14.5 Å². The molecule has 3 unspecified atom stereocenters. The Morgan fingerprint density at radius 1 is 1.04 bits per heavy atom. The predicted molar refractivity (Wildman–Crippen MR) is 101 cm³/mol. The average molecular weight is 358 g/mol. The number of likely N-dealkylation sites (tertiary alicyclic amines) is 2. The van der Waals surface area contributed by atoms with Crippen molar-refractivity contribution in [2.45, 2.75) is 64.6 Å². The van der Waals surface area contributed by atoms with E-state index in [0.717, 1.165) is 31.2 Å².